The predicted octanol–water partition coefficient (Wildman–Crippen LogP) is 3.69. The number of aliphatic hydroxyl groups excluding tert-OH is 2. The summed E-state index contributed by atoms with van der Waals surface area (Å²) in [6, 6.07) is 11.4. The molecule has 0 saturated carbocycles. The number of fused-ring (bicyclic) bond motifs is 1. The van der Waals surface area contributed by atoms with E-state index in [1.807, 2.05) is 0 Å². The van der Waals surface area contributed by atoms with Crippen molar-refractivity contribution in [3.63, 3.8) is 0 Å². The maximum Gasteiger partial charge on any atom is 0.204 e. The Hall–Kier alpha value is -4.10. The minimum absolute atomic E-state index is 0.00321. The monoisotopic (exact) mass is 614 g/mol. The van der Waals surface area contributed by atoms with Gasteiger partial charge in [0.25, 0.3) is 0 Å². The number of phenols is 2. The molecule has 2 heterocycles. The fourth-order valence-corrected chi connectivity index (χ4v) is 5.94. The second-order valence-corrected chi connectivity index (χ2v) is 10.6. The Morgan fingerprint density at radius 2 is 1.18 bits per heavy atom. The van der Waals surface area contributed by atoms with Crippen LogP contribution in [0.5, 0.6) is 46.0 Å². The Morgan fingerprint density at radius 3 is 1.64 bits per heavy atom. The smallest absolute Gasteiger partial charge is 0.204 e. The molecule has 0 aliphatic carbocycles. The van der Waals surface area contributed by atoms with Gasteiger partial charge in [-0.15, -0.1) is 0 Å². The van der Waals surface area contributed by atoms with Gasteiger partial charge in [-0.25, -0.2) is 0 Å². The van der Waals surface area contributed by atoms with Gasteiger partial charge >= 0.3 is 0 Å². The van der Waals surface area contributed by atoms with Gasteiger partial charge in [0.2, 0.25) is 11.5 Å². The molecule has 0 bridgehead atoms. The van der Waals surface area contributed by atoms with E-state index in [4.69, 9.17) is 37.9 Å². The quantitative estimate of drug-likeness (QED) is 0.235. The summed E-state index contributed by atoms with van der Waals surface area (Å²) < 4.78 is 45.8. The fraction of sp³-hybridized carbons (Fsp3) is 0.438. The van der Waals surface area contributed by atoms with Gasteiger partial charge in [0.05, 0.1) is 67.6 Å². The molecular formula is C32H38O12. The molecule has 2 aliphatic rings. The van der Waals surface area contributed by atoms with E-state index in [1.165, 1.54) is 53.7 Å². The molecule has 0 amide bonds. The average Bonchev–Trinajstić information content (AvgIpc) is 3.66. The third kappa shape index (κ3) is 5.73. The van der Waals surface area contributed by atoms with Gasteiger partial charge in [0, 0.05) is 11.8 Å². The van der Waals surface area contributed by atoms with Crippen LogP contribution < -0.4 is 28.4 Å². The Bertz CT molecular complexity index is 1410. The first-order chi connectivity index (χ1) is 21.3. The lowest BCUT2D eigenvalue weighted by Crippen LogP contribution is -2.29. The van der Waals surface area contributed by atoms with E-state index in [1.54, 1.807) is 24.3 Å². The van der Waals surface area contributed by atoms with Crippen molar-refractivity contribution in [3.8, 4) is 46.0 Å². The van der Waals surface area contributed by atoms with E-state index in [2.05, 4.69) is 0 Å². The molecule has 2 saturated heterocycles. The highest BCUT2D eigenvalue weighted by Crippen LogP contribution is 2.53. The first-order valence-electron chi connectivity index (χ1n) is 14.0. The zero-order valence-electron chi connectivity index (χ0n) is 25.2. The highest BCUT2D eigenvalue weighted by atomic mass is 16.6. The van der Waals surface area contributed by atoms with Crippen LogP contribution in [0.15, 0.2) is 42.5 Å². The van der Waals surface area contributed by atoms with Crippen LogP contribution in [0.1, 0.15) is 35.0 Å². The standard InChI is InChI=1S/C32H38O12/c1-37-22-8-16(6-7-21(22)34)28(35)27(13-33)44-32-25(40-4)11-18(12-26(32)41-5)31-20-15-42-30(19(20)14-43-31)17-9-23(38-2)29(36)24(10-17)39-3/h6-12,19-20,27-28,30-31,33-36H,13-15H2,1-5H3/t19-,20-,27+,28-,30+,31+/m1/s1. The number of benzene rings is 3. The van der Waals surface area contributed by atoms with Gasteiger partial charge in [-0.3, -0.25) is 0 Å². The van der Waals surface area contributed by atoms with E-state index in [-0.39, 0.29) is 47.0 Å². The second-order valence-electron chi connectivity index (χ2n) is 10.6. The first-order valence-corrected chi connectivity index (χ1v) is 14.0. The maximum absolute atomic E-state index is 11.0. The largest absolute Gasteiger partial charge is 0.504 e. The van der Waals surface area contributed by atoms with Crippen LogP contribution in [-0.2, 0) is 9.47 Å². The summed E-state index contributed by atoms with van der Waals surface area (Å²) >= 11 is 0. The number of rotatable bonds is 12. The van der Waals surface area contributed by atoms with Crippen LogP contribution in [0.3, 0.4) is 0 Å². The van der Waals surface area contributed by atoms with Crippen molar-refractivity contribution in [2.45, 2.75) is 24.4 Å². The highest BCUT2D eigenvalue weighted by molar-refractivity contribution is 5.55. The lowest BCUT2D eigenvalue weighted by Gasteiger charge is -2.26. The summed E-state index contributed by atoms with van der Waals surface area (Å²) in [4.78, 5) is 0. The molecule has 5 rings (SSSR count). The third-order valence-corrected chi connectivity index (χ3v) is 8.25. The molecule has 44 heavy (non-hydrogen) atoms. The summed E-state index contributed by atoms with van der Waals surface area (Å²) in [6.07, 6.45) is -3.02. The van der Waals surface area contributed by atoms with Crippen molar-refractivity contribution in [3.05, 3.63) is 59.2 Å². The minimum Gasteiger partial charge on any atom is -0.504 e. The SMILES string of the molecule is COc1cc([C@@H](O)[C@H](CO)Oc2c(OC)cc([C@@H]3OC[C@@H]4[C@H]3CO[C@H]4c3cc(OC)c(O)c(OC)c3)cc2OC)ccc1O. The molecule has 0 unspecified atom stereocenters. The molecular weight excluding hydrogens is 576 g/mol. The molecule has 6 atom stereocenters. The van der Waals surface area contributed by atoms with Crippen molar-refractivity contribution < 1.29 is 58.3 Å². The van der Waals surface area contributed by atoms with Crippen LogP contribution in [0.25, 0.3) is 0 Å². The molecule has 2 fully saturated rings. The van der Waals surface area contributed by atoms with Crippen LogP contribution in [0, 0.1) is 11.8 Å². The first kappa shape index (κ1) is 31.3. The maximum atomic E-state index is 11.0. The number of aliphatic hydroxyl groups is 2. The minimum atomic E-state index is -1.27. The van der Waals surface area contributed by atoms with E-state index in [0.29, 0.717) is 41.8 Å². The van der Waals surface area contributed by atoms with Crippen molar-refractivity contribution in [2.75, 3.05) is 55.4 Å². The van der Waals surface area contributed by atoms with Gasteiger partial charge in [0.1, 0.15) is 6.10 Å². The summed E-state index contributed by atoms with van der Waals surface area (Å²) in [6.45, 7) is 0.339. The number of aromatic hydroxyl groups is 2. The summed E-state index contributed by atoms with van der Waals surface area (Å²) in [5.41, 5.74) is 1.97. The third-order valence-electron chi connectivity index (χ3n) is 8.25. The summed E-state index contributed by atoms with van der Waals surface area (Å²) in [5, 5.41) is 41.5. The van der Waals surface area contributed by atoms with Gasteiger partial charge in [-0.05, 0) is 53.1 Å². The summed E-state index contributed by atoms with van der Waals surface area (Å²) in [5.74, 6) is 1.47. The molecule has 4 N–H and O–H groups in total. The van der Waals surface area contributed by atoms with Crippen molar-refractivity contribution >= 4 is 0 Å². The van der Waals surface area contributed by atoms with E-state index in [0.717, 1.165) is 11.1 Å². The number of ether oxygens (including phenoxy) is 8. The zero-order valence-corrected chi connectivity index (χ0v) is 25.2. The predicted molar refractivity (Wildman–Crippen MR) is 156 cm³/mol. The van der Waals surface area contributed by atoms with Crippen LogP contribution >= 0.6 is 0 Å². The van der Waals surface area contributed by atoms with Crippen molar-refractivity contribution in [1.82, 2.24) is 0 Å². The molecule has 3 aromatic carbocycles. The van der Waals surface area contributed by atoms with Gasteiger partial charge in [-0.1, -0.05) is 6.07 Å². The van der Waals surface area contributed by atoms with E-state index >= 15 is 0 Å². The van der Waals surface area contributed by atoms with Crippen LogP contribution in [0.2, 0.25) is 0 Å². The number of hydrogen-bond acceptors (Lipinski definition) is 12. The van der Waals surface area contributed by atoms with Crippen LogP contribution in [0.4, 0.5) is 0 Å². The van der Waals surface area contributed by atoms with E-state index < -0.39 is 18.8 Å². The molecule has 0 spiro atoms. The van der Waals surface area contributed by atoms with Gasteiger partial charge < -0.3 is 58.3 Å². The molecule has 238 valence electrons. The lowest BCUT2D eigenvalue weighted by molar-refractivity contribution is -0.00197. The zero-order chi connectivity index (χ0) is 31.5. The Morgan fingerprint density at radius 1 is 0.705 bits per heavy atom. The molecule has 12 heteroatoms. The summed E-state index contributed by atoms with van der Waals surface area (Å²) in [7, 11) is 7.33. The number of hydrogen-bond donors (Lipinski definition) is 4. The second kappa shape index (κ2) is 13.3. The Kier molecular flexibility index (Phi) is 9.45. The van der Waals surface area contributed by atoms with Gasteiger partial charge in [-0.2, -0.15) is 0 Å². The van der Waals surface area contributed by atoms with Gasteiger partial charge in [0.15, 0.2) is 40.6 Å². The Labute approximate surface area is 255 Å². The van der Waals surface area contributed by atoms with E-state index in [9.17, 15) is 20.4 Å². The molecule has 3 aromatic rings. The Balaban J connectivity index is 1.40. The van der Waals surface area contributed by atoms with Crippen molar-refractivity contribution in [2.24, 2.45) is 11.8 Å². The fourth-order valence-electron chi connectivity index (χ4n) is 5.94. The van der Waals surface area contributed by atoms with Crippen molar-refractivity contribution in [1.29, 1.82) is 0 Å². The van der Waals surface area contributed by atoms with Crippen LogP contribution in [-0.4, -0.2) is 81.9 Å². The molecule has 2 aliphatic heterocycles. The lowest BCUT2D eigenvalue weighted by atomic mass is 9.84. The molecule has 12 nitrogen and oxygen atoms in total. The number of phenolic OH excluding ortho intramolecular Hbond substituents is 2. The molecule has 0 radical (unpaired) electrons. The number of methoxy groups -OCH3 is 5. The highest BCUT2D eigenvalue weighted by Gasteiger charge is 2.48. The normalized spacial score (nSPS) is 22.2. The topological polar surface area (TPSA) is 155 Å². The molecule has 0 aromatic heterocycles. The average molecular weight is 615 g/mol.